The molecule has 1 aromatic carbocycles. The molecule has 1 unspecified atom stereocenters. The predicted molar refractivity (Wildman–Crippen MR) is 93.3 cm³/mol. The van der Waals surface area contributed by atoms with Crippen LogP contribution in [-0.2, 0) is 17.8 Å². The summed E-state index contributed by atoms with van der Waals surface area (Å²) in [6.45, 7) is 2.40. The molecule has 0 saturated heterocycles. The van der Waals surface area contributed by atoms with Crippen LogP contribution in [0.5, 0.6) is 0 Å². The van der Waals surface area contributed by atoms with Crippen molar-refractivity contribution in [1.29, 1.82) is 0 Å². The fourth-order valence-corrected chi connectivity index (χ4v) is 4.32. The molecule has 0 bridgehead atoms. The Morgan fingerprint density at radius 3 is 2.87 bits per heavy atom. The van der Waals surface area contributed by atoms with Crippen molar-refractivity contribution in [2.75, 3.05) is 13.1 Å². The zero-order chi connectivity index (χ0) is 15.6. The number of hydrogen-bond donors (Lipinski definition) is 1. The molecule has 1 aliphatic carbocycles. The molecule has 4 rings (SSSR count). The monoisotopic (exact) mass is 326 g/mol. The van der Waals surface area contributed by atoms with Crippen LogP contribution in [0, 0.1) is 5.92 Å². The molecular formula is C19H22N2OS. The van der Waals surface area contributed by atoms with Gasteiger partial charge in [0.25, 0.3) is 0 Å². The van der Waals surface area contributed by atoms with Gasteiger partial charge in [0.05, 0.1) is 12.6 Å². The van der Waals surface area contributed by atoms with Crippen molar-refractivity contribution in [1.82, 2.24) is 10.2 Å². The summed E-state index contributed by atoms with van der Waals surface area (Å²) < 4.78 is 0. The van der Waals surface area contributed by atoms with Crippen LogP contribution in [0.4, 0.5) is 0 Å². The van der Waals surface area contributed by atoms with Gasteiger partial charge in [0.15, 0.2) is 0 Å². The number of benzene rings is 1. The van der Waals surface area contributed by atoms with Gasteiger partial charge in [0.1, 0.15) is 0 Å². The third kappa shape index (κ3) is 3.48. The molecular weight excluding hydrogens is 304 g/mol. The van der Waals surface area contributed by atoms with Crippen LogP contribution in [0.2, 0.25) is 0 Å². The van der Waals surface area contributed by atoms with Gasteiger partial charge in [-0.3, -0.25) is 9.69 Å². The van der Waals surface area contributed by atoms with E-state index in [9.17, 15) is 4.79 Å². The summed E-state index contributed by atoms with van der Waals surface area (Å²) in [6.07, 6.45) is 3.52. The lowest BCUT2D eigenvalue weighted by atomic mass is 10.0. The SMILES string of the molecule is O=C(CN1CCc2sccc2C1)NC(c1ccccc1)C1CC1. The lowest BCUT2D eigenvalue weighted by molar-refractivity contribution is -0.123. The standard InChI is InChI=1S/C19H22N2OS/c22-18(13-21-10-8-17-16(12-21)9-11-23-17)20-19(15-6-7-15)14-4-2-1-3-5-14/h1-5,9,11,15,19H,6-8,10,12-13H2,(H,20,22). The number of hydrogen-bond acceptors (Lipinski definition) is 3. The van der Waals surface area contributed by atoms with Crippen LogP contribution in [-0.4, -0.2) is 23.9 Å². The maximum atomic E-state index is 12.5. The van der Waals surface area contributed by atoms with Crippen molar-refractivity contribution in [2.45, 2.75) is 31.8 Å². The van der Waals surface area contributed by atoms with Crippen LogP contribution in [0.3, 0.4) is 0 Å². The van der Waals surface area contributed by atoms with Gasteiger partial charge in [-0.2, -0.15) is 0 Å². The summed E-state index contributed by atoms with van der Waals surface area (Å²) >= 11 is 1.84. The highest BCUT2D eigenvalue weighted by molar-refractivity contribution is 7.10. The fraction of sp³-hybridized carbons (Fsp3) is 0.421. The second kappa shape index (κ2) is 6.46. The zero-order valence-corrected chi connectivity index (χ0v) is 14.0. The van der Waals surface area contributed by atoms with Gasteiger partial charge < -0.3 is 5.32 Å². The lowest BCUT2D eigenvalue weighted by Crippen LogP contribution is -2.41. The number of thiophene rings is 1. The minimum atomic E-state index is 0.157. The Morgan fingerprint density at radius 1 is 1.26 bits per heavy atom. The summed E-state index contributed by atoms with van der Waals surface area (Å²) in [6, 6.07) is 12.8. The number of fused-ring (bicyclic) bond motifs is 1. The van der Waals surface area contributed by atoms with E-state index >= 15 is 0 Å². The van der Waals surface area contributed by atoms with Gasteiger partial charge >= 0.3 is 0 Å². The summed E-state index contributed by atoms with van der Waals surface area (Å²) in [5.41, 5.74) is 2.64. The van der Waals surface area contributed by atoms with Crippen molar-refractivity contribution in [3.05, 3.63) is 57.8 Å². The average Bonchev–Trinajstić information content (AvgIpc) is 3.31. The Balaban J connectivity index is 1.38. The van der Waals surface area contributed by atoms with Crippen molar-refractivity contribution in [3.63, 3.8) is 0 Å². The smallest absolute Gasteiger partial charge is 0.234 e. The number of carbonyl (C=O) groups is 1. The van der Waals surface area contributed by atoms with Gasteiger partial charge in [0.2, 0.25) is 5.91 Å². The molecule has 1 aliphatic heterocycles. The van der Waals surface area contributed by atoms with Crippen molar-refractivity contribution in [3.8, 4) is 0 Å². The average molecular weight is 326 g/mol. The first-order chi connectivity index (χ1) is 11.3. The van der Waals surface area contributed by atoms with E-state index in [0.29, 0.717) is 12.5 Å². The molecule has 1 atom stereocenters. The summed E-state index contributed by atoms with van der Waals surface area (Å²) in [5.74, 6) is 0.774. The maximum absolute atomic E-state index is 12.5. The highest BCUT2D eigenvalue weighted by atomic mass is 32.1. The van der Waals surface area contributed by atoms with E-state index < -0.39 is 0 Å². The largest absolute Gasteiger partial charge is 0.348 e. The van der Waals surface area contributed by atoms with Crippen molar-refractivity contribution >= 4 is 17.2 Å². The quantitative estimate of drug-likeness (QED) is 0.913. The number of carbonyl (C=O) groups excluding carboxylic acids is 1. The molecule has 2 aromatic rings. The zero-order valence-electron chi connectivity index (χ0n) is 13.2. The van der Waals surface area contributed by atoms with Gasteiger partial charge in [-0.15, -0.1) is 11.3 Å². The minimum absolute atomic E-state index is 0.157. The van der Waals surface area contributed by atoms with Gasteiger partial charge in [-0.1, -0.05) is 30.3 Å². The summed E-state index contributed by atoms with van der Waals surface area (Å²) in [4.78, 5) is 16.3. The third-order valence-corrected chi connectivity index (χ3v) is 5.85. The second-order valence-electron chi connectivity index (χ2n) is 6.62. The molecule has 4 heteroatoms. The molecule has 1 saturated carbocycles. The Morgan fingerprint density at radius 2 is 2.09 bits per heavy atom. The van der Waals surface area contributed by atoms with E-state index in [-0.39, 0.29) is 11.9 Å². The van der Waals surface area contributed by atoms with Crippen molar-refractivity contribution < 1.29 is 4.79 Å². The van der Waals surface area contributed by atoms with Crippen LogP contribution in [0.1, 0.15) is 34.9 Å². The van der Waals surface area contributed by atoms with E-state index in [0.717, 1.165) is 19.5 Å². The highest BCUT2D eigenvalue weighted by Gasteiger charge is 2.33. The predicted octanol–water partition coefficient (Wildman–Crippen LogP) is 3.37. The first-order valence-electron chi connectivity index (χ1n) is 8.41. The highest BCUT2D eigenvalue weighted by Crippen LogP contribution is 2.40. The summed E-state index contributed by atoms with van der Waals surface area (Å²) in [7, 11) is 0. The van der Waals surface area contributed by atoms with Gasteiger partial charge in [-0.25, -0.2) is 0 Å². The topological polar surface area (TPSA) is 32.3 Å². The van der Waals surface area contributed by atoms with Gasteiger partial charge in [-0.05, 0) is 47.8 Å². The molecule has 1 N–H and O–H groups in total. The van der Waals surface area contributed by atoms with Crippen LogP contribution < -0.4 is 5.32 Å². The fourth-order valence-electron chi connectivity index (χ4n) is 3.43. The number of amides is 1. The molecule has 3 nitrogen and oxygen atoms in total. The Kier molecular flexibility index (Phi) is 4.19. The molecule has 1 fully saturated rings. The number of rotatable bonds is 5. The van der Waals surface area contributed by atoms with Gasteiger partial charge in [0, 0.05) is 18.0 Å². The number of nitrogens with one attached hydrogen (secondary N) is 1. The van der Waals surface area contributed by atoms with Crippen LogP contribution in [0.25, 0.3) is 0 Å². The van der Waals surface area contributed by atoms with E-state index in [1.54, 1.807) is 0 Å². The Labute approximate surface area is 141 Å². The first-order valence-corrected chi connectivity index (χ1v) is 9.29. The second-order valence-corrected chi connectivity index (χ2v) is 7.62. The number of nitrogens with zero attached hydrogens (tertiary/aromatic N) is 1. The van der Waals surface area contributed by atoms with Crippen LogP contribution >= 0.6 is 11.3 Å². The normalized spacial score (nSPS) is 19.1. The van der Waals surface area contributed by atoms with E-state index in [1.807, 2.05) is 17.4 Å². The van der Waals surface area contributed by atoms with Crippen LogP contribution in [0.15, 0.2) is 41.8 Å². The molecule has 2 heterocycles. The van der Waals surface area contributed by atoms with E-state index in [1.165, 1.54) is 28.8 Å². The molecule has 0 spiro atoms. The minimum Gasteiger partial charge on any atom is -0.348 e. The molecule has 2 aliphatic rings. The molecule has 0 radical (unpaired) electrons. The maximum Gasteiger partial charge on any atom is 0.234 e. The Hall–Kier alpha value is -1.65. The molecule has 1 amide bonds. The lowest BCUT2D eigenvalue weighted by Gasteiger charge is -2.27. The molecule has 1 aromatic heterocycles. The van der Waals surface area contributed by atoms with Crippen molar-refractivity contribution in [2.24, 2.45) is 5.92 Å². The molecule has 23 heavy (non-hydrogen) atoms. The first kappa shape index (κ1) is 14.9. The molecule has 120 valence electrons. The third-order valence-electron chi connectivity index (χ3n) is 4.82. The van der Waals surface area contributed by atoms with E-state index in [4.69, 9.17) is 0 Å². The van der Waals surface area contributed by atoms with E-state index in [2.05, 4.69) is 45.9 Å². The summed E-state index contributed by atoms with van der Waals surface area (Å²) in [5, 5.41) is 5.44. The Bertz CT molecular complexity index is 678.